The lowest BCUT2D eigenvalue weighted by molar-refractivity contribution is 0.174. The summed E-state index contributed by atoms with van der Waals surface area (Å²) in [5.41, 5.74) is 0. The van der Waals surface area contributed by atoms with Gasteiger partial charge in [0, 0.05) is 6.61 Å². The lowest BCUT2D eigenvalue weighted by Crippen LogP contribution is -2.01. The van der Waals surface area contributed by atoms with Gasteiger partial charge < -0.3 is 10.2 Å². The Kier molecular flexibility index (Phi) is 7.87. The molecule has 2 heteroatoms. The summed E-state index contributed by atoms with van der Waals surface area (Å²) in [4.78, 5) is 0. The van der Waals surface area contributed by atoms with Crippen molar-refractivity contribution in [2.24, 2.45) is 11.8 Å². The maximum absolute atomic E-state index is 9.28. The van der Waals surface area contributed by atoms with Crippen molar-refractivity contribution in [3.8, 4) is 0 Å². The molecule has 3 atom stereocenters. The Morgan fingerprint density at radius 1 is 0.941 bits per heavy atom. The first-order valence-electron chi connectivity index (χ1n) is 7.53. The topological polar surface area (TPSA) is 40.5 Å². The smallest absolute Gasteiger partial charge is 0.0514 e. The number of rotatable bonds is 11. The first-order chi connectivity index (χ1) is 8.24. The van der Waals surface area contributed by atoms with Crippen molar-refractivity contribution >= 4 is 0 Å². The molecular weight excluding hydrogens is 212 g/mol. The second-order valence-electron chi connectivity index (χ2n) is 5.83. The molecule has 0 aromatic heterocycles. The first kappa shape index (κ1) is 15.0. The molecule has 1 aliphatic rings. The molecule has 17 heavy (non-hydrogen) atoms. The molecule has 2 nitrogen and oxygen atoms in total. The Morgan fingerprint density at radius 3 is 2.12 bits per heavy atom. The van der Waals surface area contributed by atoms with Crippen LogP contribution in [0.2, 0.25) is 0 Å². The SMILES string of the molecule is CC(O)CC1CC1CCCCCCCCCO. The van der Waals surface area contributed by atoms with E-state index in [0.29, 0.717) is 6.61 Å². The quantitative estimate of drug-likeness (QED) is 0.544. The molecule has 0 amide bonds. The summed E-state index contributed by atoms with van der Waals surface area (Å²) in [7, 11) is 0. The van der Waals surface area contributed by atoms with Gasteiger partial charge in [0.2, 0.25) is 0 Å². The zero-order valence-electron chi connectivity index (χ0n) is 11.4. The van der Waals surface area contributed by atoms with Crippen LogP contribution in [0.25, 0.3) is 0 Å². The zero-order chi connectivity index (χ0) is 12.5. The molecule has 0 bridgehead atoms. The minimum absolute atomic E-state index is 0.100. The molecule has 1 rings (SSSR count). The van der Waals surface area contributed by atoms with Crippen LogP contribution >= 0.6 is 0 Å². The van der Waals surface area contributed by atoms with E-state index in [0.717, 1.165) is 24.7 Å². The van der Waals surface area contributed by atoms with Gasteiger partial charge >= 0.3 is 0 Å². The predicted octanol–water partition coefficient (Wildman–Crippen LogP) is 3.51. The normalized spacial score (nSPS) is 24.9. The van der Waals surface area contributed by atoms with Gasteiger partial charge in [-0.1, -0.05) is 44.9 Å². The third-order valence-corrected chi connectivity index (χ3v) is 3.95. The number of aliphatic hydroxyl groups excluding tert-OH is 2. The van der Waals surface area contributed by atoms with Crippen LogP contribution in [0.3, 0.4) is 0 Å². The molecule has 3 unspecified atom stereocenters. The van der Waals surface area contributed by atoms with Crippen LogP contribution in [0.15, 0.2) is 0 Å². The van der Waals surface area contributed by atoms with Crippen LogP contribution in [0.4, 0.5) is 0 Å². The van der Waals surface area contributed by atoms with Gasteiger partial charge in [-0.3, -0.25) is 0 Å². The summed E-state index contributed by atoms with van der Waals surface area (Å²) in [6, 6.07) is 0. The molecule has 0 radical (unpaired) electrons. The lowest BCUT2D eigenvalue weighted by Gasteiger charge is -2.03. The van der Waals surface area contributed by atoms with E-state index in [4.69, 9.17) is 5.11 Å². The van der Waals surface area contributed by atoms with Gasteiger partial charge in [-0.05, 0) is 38.0 Å². The largest absolute Gasteiger partial charge is 0.396 e. The number of hydrogen-bond acceptors (Lipinski definition) is 2. The van der Waals surface area contributed by atoms with Crippen molar-refractivity contribution in [2.45, 2.75) is 77.2 Å². The molecule has 1 aliphatic carbocycles. The molecule has 1 saturated carbocycles. The maximum atomic E-state index is 9.28. The highest BCUT2D eigenvalue weighted by Gasteiger charge is 2.36. The maximum Gasteiger partial charge on any atom is 0.0514 e. The van der Waals surface area contributed by atoms with E-state index in [2.05, 4.69) is 0 Å². The molecule has 1 fully saturated rings. The van der Waals surface area contributed by atoms with Crippen LogP contribution in [-0.4, -0.2) is 22.9 Å². The summed E-state index contributed by atoms with van der Waals surface area (Å²) in [5, 5.41) is 17.9. The van der Waals surface area contributed by atoms with Crippen LogP contribution in [0.1, 0.15) is 71.1 Å². The van der Waals surface area contributed by atoms with Gasteiger partial charge in [-0.25, -0.2) is 0 Å². The van der Waals surface area contributed by atoms with Crippen molar-refractivity contribution in [2.75, 3.05) is 6.61 Å². The molecule has 0 aliphatic heterocycles. The first-order valence-corrected chi connectivity index (χ1v) is 7.53. The molecule has 0 heterocycles. The van der Waals surface area contributed by atoms with Crippen LogP contribution in [0.5, 0.6) is 0 Å². The highest BCUT2D eigenvalue weighted by molar-refractivity contribution is 4.86. The van der Waals surface area contributed by atoms with Gasteiger partial charge in [-0.2, -0.15) is 0 Å². The van der Waals surface area contributed by atoms with Crippen molar-refractivity contribution in [3.63, 3.8) is 0 Å². The number of aliphatic hydroxyl groups is 2. The second-order valence-corrected chi connectivity index (χ2v) is 5.83. The highest BCUT2D eigenvalue weighted by Crippen LogP contribution is 2.45. The summed E-state index contributed by atoms with van der Waals surface area (Å²) in [6.45, 7) is 2.26. The summed E-state index contributed by atoms with van der Waals surface area (Å²) in [6.07, 6.45) is 12.6. The van der Waals surface area contributed by atoms with E-state index in [1.165, 1.54) is 51.4 Å². The fourth-order valence-electron chi connectivity index (χ4n) is 2.79. The van der Waals surface area contributed by atoms with Crippen molar-refractivity contribution in [1.29, 1.82) is 0 Å². The minimum atomic E-state index is -0.100. The van der Waals surface area contributed by atoms with Gasteiger partial charge in [0.15, 0.2) is 0 Å². The average Bonchev–Trinajstić information content (AvgIpc) is 2.99. The molecule has 102 valence electrons. The fourth-order valence-corrected chi connectivity index (χ4v) is 2.79. The van der Waals surface area contributed by atoms with Gasteiger partial charge in [0.25, 0.3) is 0 Å². The monoisotopic (exact) mass is 242 g/mol. The van der Waals surface area contributed by atoms with Crippen LogP contribution in [0, 0.1) is 11.8 Å². The summed E-state index contributed by atoms with van der Waals surface area (Å²) >= 11 is 0. The fraction of sp³-hybridized carbons (Fsp3) is 1.00. The van der Waals surface area contributed by atoms with E-state index < -0.39 is 0 Å². The Hall–Kier alpha value is -0.0800. The Labute approximate surface area is 106 Å². The van der Waals surface area contributed by atoms with E-state index in [9.17, 15) is 5.11 Å². The average molecular weight is 242 g/mol. The molecule has 0 aromatic carbocycles. The lowest BCUT2D eigenvalue weighted by atomic mass is 10.0. The van der Waals surface area contributed by atoms with Crippen molar-refractivity contribution in [3.05, 3.63) is 0 Å². The van der Waals surface area contributed by atoms with E-state index in [1.807, 2.05) is 6.92 Å². The van der Waals surface area contributed by atoms with Gasteiger partial charge in [0.05, 0.1) is 6.10 Å². The van der Waals surface area contributed by atoms with E-state index in [-0.39, 0.29) is 6.10 Å². The minimum Gasteiger partial charge on any atom is -0.396 e. The molecule has 0 spiro atoms. The molecule has 0 saturated heterocycles. The van der Waals surface area contributed by atoms with E-state index >= 15 is 0 Å². The molecule has 0 aromatic rings. The van der Waals surface area contributed by atoms with Crippen molar-refractivity contribution < 1.29 is 10.2 Å². The van der Waals surface area contributed by atoms with E-state index in [1.54, 1.807) is 0 Å². The zero-order valence-corrected chi connectivity index (χ0v) is 11.4. The standard InChI is InChI=1S/C15H30O2/c1-13(17)11-15-12-14(15)9-7-5-3-2-4-6-8-10-16/h13-17H,2-12H2,1H3. The Balaban J connectivity index is 1.77. The van der Waals surface area contributed by atoms with Gasteiger partial charge in [0.1, 0.15) is 0 Å². The predicted molar refractivity (Wildman–Crippen MR) is 71.9 cm³/mol. The Morgan fingerprint density at radius 2 is 1.53 bits per heavy atom. The highest BCUT2D eigenvalue weighted by atomic mass is 16.3. The third kappa shape index (κ3) is 7.77. The summed E-state index contributed by atoms with van der Waals surface area (Å²) < 4.78 is 0. The second kappa shape index (κ2) is 8.93. The molecular formula is C15H30O2. The third-order valence-electron chi connectivity index (χ3n) is 3.95. The molecule has 2 N–H and O–H groups in total. The number of hydrogen-bond donors (Lipinski definition) is 2. The summed E-state index contributed by atoms with van der Waals surface area (Å²) in [5.74, 6) is 1.76. The number of unbranched alkanes of at least 4 members (excludes halogenated alkanes) is 6. The van der Waals surface area contributed by atoms with Crippen LogP contribution < -0.4 is 0 Å². The van der Waals surface area contributed by atoms with Crippen LogP contribution in [-0.2, 0) is 0 Å². The van der Waals surface area contributed by atoms with Gasteiger partial charge in [-0.15, -0.1) is 0 Å². The Bertz CT molecular complexity index is 180. The van der Waals surface area contributed by atoms with Crippen molar-refractivity contribution in [1.82, 2.24) is 0 Å².